The summed E-state index contributed by atoms with van der Waals surface area (Å²) in [6.07, 6.45) is 3.72. The van der Waals surface area contributed by atoms with Crippen LogP contribution in [0.15, 0.2) is 72.4 Å². The van der Waals surface area contributed by atoms with E-state index in [1.807, 2.05) is 34.9 Å². The van der Waals surface area contributed by atoms with Crippen molar-refractivity contribution in [2.75, 3.05) is 17.2 Å². The van der Waals surface area contributed by atoms with Gasteiger partial charge in [0.15, 0.2) is 11.0 Å². The highest BCUT2D eigenvalue weighted by Crippen LogP contribution is 2.41. The third kappa shape index (κ3) is 4.24. The fraction of sp³-hybridized carbons (Fsp3) is 0.227. The number of para-hydroxylation sites is 1. The van der Waals surface area contributed by atoms with E-state index in [1.54, 1.807) is 29.2 Å². The second-order valence-electron chi connectivity index (χ2n) is 6.80. The van der Waals surface area contributed by atoms with Gasteiger partial charge < -0.3 is 4.90 Å². The number of halogens is 1. The standard InChI is InChI=1S/C22H21FN4OS/c1-2-14-26(16-8-4-3-5-9-16)20(28)15-29-22-25-24-21(27(22)17-12-13-17)18-10-6-7-11-19(18)23/h2-11,17H,1,12-15H2. The Kier molecular flexibility index (Phi) is 5.76. The summed E-state index contributed by atoms with van der Waals surface area (Å²) in [5.74, 6) is 0.367. The molecule has 0 aliphatic heterocycles. The number of hydrogen-bond donors (Lipinski definition) is 0. The number of carbonyl (C=O) groups excluding carboxylic acids is 1. The van der Waals surface area contributed by atoms with E-state index >= 15 is 0 Å². The largest absolute Gasteiger partial charge is 0.308 e. The van der Waals surface area contributed by atoms with Gasteiger partial charge in [0.05, 0.1) is 11.3 Å². The Morgan fingerprint density at radius 1 is 1.17 bits per heavy atom. The zero-order valence-electron chi connectivity index (χ0n) is 15.9. The average molecular weight is 409 g/mol. The quantitative estimate of drug-likeness (QED) is 0.399. The highest BCUT2D eigenvalue weighted by Gasteiger charge is 2.31. The maximum Gasteiger partial charge on any atom is 0.237 e. The fourth-order valence-corrected chi connectivity index (χ4v) is 4.04. The van der Waals surface area contributed by atoms with Crippen molar-refractivity contribution in [2.24, 2.45) is 0 Å². The van der Waals surface area contributed by atoms with Crippen molar-refractivity contribution in [1.29, 1.82) is 0 Å². The van der Waals surface area contributed by atoms with E-state index in [0.717, 1.165) is 18.5 Å². The first kappa shape index (κ1) is 19.4. The van der Waals surface area contributed by atoms with Crippen LogP contribution in [0.1, 0.15) is 18.9 Å². The molecule has 0 unspecified atom stereocenters. The van der Waals surface area contributed by atoms with E-state index < -0.39 is 0 Å². The Morgan fingerprint density at radius 2 is 1.90 bits per heavy atom. The molecule has 1 fully saturated rings. The van der Waals surface area contributed by atoms with Gasteiger partial charge in [0.2, 0.25) is 5.91 Å². The number of carbonyl (C=O) groups is 1. The molecule has 0 radical (unpaired) electrons. The normalized spacial score (nSPS) is 13.3. The molecule has 148 valence electrons. The van der Waals surface area contributed by atoms with Crippen molar-refractivity contribution in [3.05, 3.63) is 73.1 Å². The summed E-state index contributed by atoms with van der Waals surface area (Å²) in [4.78, 5) is 14.6. The number of nitrogens with zero attached hydrogens (tertiary/aromatic N) is 4. The molecular formula is C22H21FN4OS. The first-order valence-electron chi connectivity index (χ1n) is 9.48. The molecule has 29 heavy (non-hydrogen) atoms. The lowest BCUT2D eigenvalue weighted by Crippen LogP contribution is -2.32. The van der Waals surface area contributed by atoms with E-state index in [2.05, 4.69) is 16.8 Å². The lowest BCUT2D eigenvalue weighted by atomic mass is 10.2. The van der Waals surface area contributed by atoms with Crippen LogP contribution in [0.3, 0.4) is 0 Å². The average Bonchev–Trinajstić information content (AvgIpc) is 3.50. The van der Waals surface area contributed by atoms with Gasteiger partial charge in [0.1, 0.15) is 5.82 Å². The predicted molar refractivity (Wildman–Crippen MR) is 113 cm³/mol. The van der Waals surface area contributed by atoms with Crippen LogP contribution in [0.25, 0.3) is 11.4 Å². The molecule has 0 bridgehead atoms. The maximum absolute atomic E-state index is 14.3. The third-order valence-corrected chi connectivity index (χ3v) is 5.62. The summed E-state index contributed by atoms with van der Waals surface area (Å²) < 4.78 is 16.3. The minimum Gasteiger partial charge on any atom is -0.308 e. The lowest BCUT2D eigenvalue weighted by molar-refractivity contribution is -0.116. The predicted octanol–water partition coefficient (Wildman–Crippen LogP) is 4.73. The van der Waals surface area contributed by atoms with E-state index in [1.165, 1.54) is 17.8 Å². The molecule has 0 saturated heterocycles. The minimum atomic E-state index is -0.323. The van der Waals surface area contributed by atoms with E-state index in [4.69, 9.17) is 0 Å². The van der Waals surface area contributed by atoms with Crippen LogP contribution in [-0.2, 0) is 4.79 Å². The molecule has 3 aromatic rings. The molecule has 5 nitrogen and oxygen atoms in total. The van der Waals surface area contributed by atoms with Crippen LogP contribution in [0.4, 0.5) is 10.1 Å². The summed E-state index contributed by atoms with van der Waals surface area (Å²) in [6.45, 7) is 4.18. The molecule has 0 spiro atoms. The molecule has 1 aromatic heterocycles. The number of hydrogen-bond acceptors (Lipinski definition) is 4. The summed E-state index contributed by atoms with van der Waals surface area (Å²) in [7, 11) is 0. The summed E-state index contributed by atoms with van der Waals surface area (Å²) in [5, 5.41) is 9.14. The highest BCUT2D eigenvalue weighted by molar-refractivity contribution is 7.99. The molecule has 7 heteroatoms. The van der Waals surface area contributed by atoms with Crippen molar-refractivity contribution in [3.63, 3.8) is 0 Å². The number of anilines is 1. The molecule has 1 heterocycles. The number of benzene rings is 2. The Hall–Kier alpha value is -2.93. The Morgan fingerprint density at radius 3 is 2.59 bits per heavy atom. The zero-order chi connectivity index (χ0) is 20.2. The molecule has 4 rings (SSSR count). The molecule has 1 aliphatic rings. The van der Waals surface area contributed by atoms with Crippen molar-refractivity contribution in [2.45, 2.75) is 24.0 Å². The van der Waals surface area contributed by atoms with Crippen LogP contribution >= 0.6 is 11.8 Å². The van der Waals surface area contributed by atoms with Crippen LogP contribution in [-0.4, -0.2) is 33.0 Å². The van der Waals surface area contributed by atoms with Gasteiger partial charge in [0.25, 0.3) is 0 Å². The molecule has 0 N–H and O–H groups in total. The smallest absolute Gasteiger partial charge is 0.237 e. The van der Waals surface area contributed by atoms with E-state index in [9.17, 15) is 9.18 Å². The van der Waals surface area contributed by atoms with Crippen LogP contribution in [0, 0.1) is 5.82 Å². The van der Waals surface area contributed by atoms with Crippen LogP contribution in [0.5, 0.6) is 0 Å². The maximum atomic E-state index is 14.3. The summed E-state index contributed by atoms with van der Waals surface area (Å²) in [6, 6.07) is 16.3. The highest BCUT2D eigenvalue weighted by atomic mass is 32.2. The van der Waals surface area contributed by atoms with Crippen molar-refractivity contribution in [3.8, 4) is 11.4 Å². The second-order valence-corrected chi connectivity index (χ2v) is 7.75. The van der Waals surface area contributed by atoms with Crippen LogP contribution < -0.4 is 4.90 Å². The fourth-order valence-electron chi connectivity index (χ4n) is 3.16. The molecule has 1 saturated carbocycles. The molecule has 1 amide bonds. The molecule has 2 aromatic carbocycles. The van der Waals surface area contributed by atoms with Gasteiger partial charge in [-0.2, -0.15) is 0 Å². The van der Waals surface area contributed by atoms with Gasteiger partial charge in [-0.25, -0.2) is 4.39 Å². The van der Waals surface area contributed by atoms with Crippen molar-refractivity contribution >= 4 is 23.4 Å². The van der Waals surface area contributed by atoms with Gasteiger partial charge in [-0.05, 0) is 37.1 Å². The van der Waals surface area contributed by atoms with E-state index in [-0.39, 0.29) is 23.5 Å². The Labute approximate surface area is 173 Å². The Balaban J connectivity index is 1.55. The first-order valence-corrected chi connectivity index (χ1v) is 10.5. The van der Waals surface area contributed by atoms with Crippen molar-refractivity contribution in [1.82, 2.24) is 14.8 Å². The molecular weight excluding hydrogens is 387 g/mol. The minimum absolute atomic E-state index is 0.0427. The number of amides is 1. The SMILES string of the molecule is C=CCN(C(=O)CSc1nnc(-c2ccccc2F)n1C1CC1)c1ccccc1. The van der Waals surface area contributed by atoms with Crippen LogP contribution in [0.2, 0.25) is 0 Å². The van der Waals surface area contributed by atoms with Crippen molar-refractivity contribution < 1.29 is 9.18 Å². The topological polar surface area (TPSA) is 51.0 Å². The van der Waals surface area contributed by atoms with Gasteiger partial charge in [-0.1, -0.05) is 48.2 Å². The molecule has 1 aliphatic carbocycles. The number of thioether (sulfide) groups is 1. The monoisotopic (exact) mass is 408 g/mol. The first-order chi connectivity index (χ1) is 14.2. The summed E-state index contributed by atoms with van der Waals surface area (Å²) >= 11 is 1.34. The van der Waals surface area contributed by atoms with Gasteiger partial charge in [-0.15, -0.1) is 16.8 Å². The van der Waals surface area contributed by atoms with Gasteiger partial charge >= 0.3 is 0 Å². The molecule has 0 atom stereocenters. The zero-order valence-corrected chi connectivity index (χ0v) is 16.7. The summed E-state index contributed by atoms with van der Waals surface area (Å²) in [5.41, 5.74) is 1.26. The van der Waals surface area contributed by atoms with Gasteiger partial charge in [0, 0.05) is 18.3 Å². The van der Waals surface area contributed by atoms with Gasteiger partial charge in [-0.3, -0.25) is 9.36 Å². The Bertz CT molecular complexity index is 1020. The number of aromatic nitrogens is 3. The third-order valence-electron chi connectivity index (χ3n) is 4.70. The lowest BCUT2D eigenvalue weighted by Gasteiger charge is -2.21. The van der Waals surface area contributed by atoms with E-state index in [0.29, 0.717) is 23.1 Å². The second kappa shape index (κ2) is 8.61. The number of rotatable bonds is 8.